The summed E-state index contributed by atoms with van der Waals surface area (Å²) in [5.41, 5.74) is 7.90. The van der Waals surface area contributed by atoms with E-state index in [-0.39, 0.29) is 0 Å². The van der Waals surface area contributed by atoms with E-state index in [1.165, 1.54) is 16.5 Å². The maximum atomic E-state index is 5.07. The van der Waals surface area contributed by atoms with E-state index in [9.17, 15) is 0 Å². The minimum atomic E-state index is 0.811. The van der Waals surface area contributed by atoms with E-state index in [0.29, 0.717) is 0 Å². The van der Waals surface area contributed by atoms with Crippen LogP contribution >= 0.6 is 15.9 Å². The predicted octanol–water partition coefficient (Wildman–Crippen LogP) is 6.06. The van der Waals surface area contributed by atoms with Crippen molar-refractivity contribution >= 4 is 32.5 Å². The van der Waals surface area contributed by atoms with Gasteiger partial charge >= 0.3 is 0 Å². The van der Waals surface area contributed by atoms with Crippen LogP contribution in [-0.2, 0) is 6.42 Å². The monoisotopic (exact) mass is 412 g/mol. The molecule has 1 aliphatic heterocycles. The van der Waals surface area contributed by atoms with Gasteiger partial charge in [-0.3, -0.25) is 4.99 Å². The smallest absolute Gasteiger partial charge is 0.0806 e. The number of benzene rings is 3. The van der Waals surface area contributed by atoms with Crippen molar-refractivity contribution in [2.75, 3.05) is 6.54 Å². The summed E-state index contributed by atoms with van der Waals surface area (Å²) in [5.74, 6) is 0. The molecule has 3 aromatic carbocycles. The highest BCUT2D eigenvalue weighted by Gasteiger charge is 2.24. The summed E-state index contributed by atoms with van der Waals surface area (Å²) < 4.78 is 1.07. The van der Waals surface area contributed by atoms with Crippen LogP contribution in [0.5, 0.6) is 0 Å². The van der Waals surface area contributed by atoms with E-state index >= 15 is 0 Å². The van der Waals surface area contributed by atoms with Crippen molar-refractivity contribution in [3.63, 3.8) is 0 Å². The molecule has 27 heavy (non-hydrogen) atoms. The molecule has 2 nitrogen and oxygen atoms in total. The first kappa shape index (κ1) is 16.4. The SMILES string of the molecule is Brc1ccc(-c2nc3ccccc3c3c2C(c2ccccc2)=NCC3)cc1. The van der Waals surface area contributed by atoms with Crippen LogP contribution in [0, 0.1) is 0 Å². The van der Waals surface area contributed by atoms with Crippen molar-refractivity contribution in [1.29, 1.82) is 0 Å². The van der Waals surface area contributed by atoms with Crippen LogP contribution in [0.25, 0.3) is 22.2 Å². The number of hydrogen-bond acceptors (Lipinski definition) is 2. The Hall–Kier alpha value is -2.78. The minimum Gasteiger partial charge on any atom is -0.284 e. The highest BCUT2D eigenvalue weighted by molar-refractivity contribution is 9.10. The summed E-state index contributed by atoms with van der Waals surface area (Å²) in [6.07, 6.45) is 0.943. The highest BCUT2D eigenvalue weighted by Crippen LogP contribution is 2.35. The van der Waals surface area contributed by atoms with Crippen LogP contribution in [0.15, 0.2) is 88.3 Å². The van der Waals surface area contributed by atoms with Crippen molar-refractivity contribution < 1.29 is 0 Å². The molecular weight excluding hydrogens is 396 g/mol. The zero-order chi connectivity index (χ0) is 18.2. The van der Waals surface area contributed by atoms with Gasteiger partial charge in [-0.2, -0.15) is 0 Å². The summed E-state index contributed by atoms with van der Waals surface area (Å²) in [6, 6.07) is 27.3. The quantitative estimate of drug-likeness (QED) is 0.392. The lowest BCUT2D eigenvalue weighted by Crippen LogP contribution is -2.17. The Morgan fingerprint density at radius 1 is 0.741 bits per heavy atom. The van der Waals surface area contributed by atoms with Gasteiger partial charge in [0.2, 0.25) is 0 Å². The number of aromatic nitrogens is 1. The van der Waals surface area contributed by atoms with E-state index in [1.54, 1.807) is 0 Å². The summed E-state index contributed by atoms with van der Waals surface area (Å²) in [7, 11) is 0. The highest BCUT2D eigenvalue weighted by atomic mass is 79.9. The third kappa shape index (κ3) is 2.88. The number of aliphatic imine (C=N–C) groups is 1. The van der Waals surface area contributed by atoms with Crippen LogP contribution in [0.3, 0.4) is 0 Å². The molecule has 0 N–H and O–H groups in total. The van der Waals surface area contributed by atoms with Crippen molar-refractivity contribution in [1.82, 2.24) is 4.98 Å². The Balaban J connectivity index is 1.85. The second-order valence-electron chi connectivity index (χ2n) is 6.68. The summed E-state index contributed by atoms with van der Waals surface area (Å²) in [5, 5.41) is 1.23. The van der Waals surface area contributed by atoms with Crippen LogP contribution in [0.1, 0.15) is 16.7 Å². The third-order valence-electron chi connectivity index (χ3n) is 5.03. The molecule has 0 bridgehead atoms. The first-order valence-electron chi connectivity index (χ1n) is 9.09. The first-order chi connectivity index (χ1) is 13.3. The van der Waals surface area contributed by atoms with E-state index in [4.69, 9.17) is 9.98 Å². The molecule has 2 heterocycles. The molecule has 5 rings (SSSR count). The molecule has 0 atom stereocenters. The lowest BCUT2D eigenvalue weighted by Gasteiger charge is -2.22. The first-order valence-corrected chi connectivity index (χ1v) is 9.88. The van der Waals surface area contributed by atoms with Crippen molar-refractivity contribution in [2.45, 2.75) is 6.42 Å². The third-order valence-corrected chi connectivity index (χ3v) is 5.56. The lowest BCUT2D eigenvalue weighted by atomic mass is 9.87. The molecule has 3 heteroatoms. The molecule has 130 valence electrons. The second-order valence-corrected chi connectivity index (χ2v) is 7.60. The van der Waals surface area contributed by atoms with Gasteiger partial charge in [-0.15, -0.1) is 0 Å². The number of pyridine rings is 1. The average Bonchev–Trinajstić information content (AvgIpc) is 2.74. The van der Waals surface area contributed by atoms with Crippen LogP contribution in [0.4, 0.5) is 0 Å². The van der Waals surface area contributed by atoms with E-state index in [2.05, 4.69) is 88.7 Å². The molecule has 1 aliphatic rings. The zero-order valence-electron chi connectivity index (χ0n) is 14.7. The summed E-state index contributed by atoms with van der Waals surface area (Å²) >= 11 is 3.54. The van der Waals surface area contributed by atoms with Gasteiger partial charge in [-0.05, 0) is 30.2 Å². The fourth-order valence-corrected chi connectivity index (χ4v) is 4.07. The molecule has 0 spiro atoms. The number of para-hydroxylation sites is 1. The fraction of sp³-hybridized carbons (Fsp3) is 0.0833. The maximum Gasteiger partial charge on any atom is 0.0806 e. The molecule has 0 saturated carbocycles. The molecule has 1 aromatic heterocycles. The maximum absolute atomic E-state index is 5.07. The van der Waals surface area contributed by atoms with Gasteiger partial charge in [0, 0.05) is 33.1 Å². The minimum absolute atomic E-state index is 0.811. The van der Waals surface area contributed by atoms with Crippen molar-refractivity contribution in [3.8, 4) is 11.3 Å². The summed E-state index contributed by atoms with van der Waals surface area (Å²) in [6.45, 7) is 0.811. The zero-order valence-corrected chi connectivity index (χ0v) is 16.3. The fourth-order valence-electron chi connectivity index (χ4n) is 3.80. The van der Waals surface area contributed by atoms with Gasteiger partial charge in [0.05, 0.1) is 16.9 Å². The van der Waals surface area contributed by atoms with Crippen molar-refractivity contribution in [3.05, 3.63) is 100 Å². The standard InChI is InChI=1S/C24H17BrN2/c25-18-12-10-17(11-13-18)24-22-20(19-8-4-5-9-21(19)27-24)14-15-26-23(22)16-6-2-1-3-7-16/h1-13H,14-15H2. The number of halogens is 1. The molecule has 0 fully saturated rings. The number of fused-ring (bicyclic) bond motifs is 3. The molecule has 0 saturated heterocycles. The van der Waals surface area contributed by atoms with Gasteiger partial charge in [0.25, 0.3) is 0 Å². The van der Waals surface area contributed by atoms with Gasteiger partial charge in [-0.25, -0.2) is 4.98 Å². The largest absolute Gasteiger partial charge is 0.284 e. The van der Waals surface area contributed by atoms with E-state index < -0.39 is 0 Å². The molecule has 4 aromatic rings. The predicted molar refractivity (Wildman–Crippen MR) is 116 cm³/mol. The molecule has 0 radical (unpaired) electrons. The molecule has 0 amide bonds. The molecule has 0 unspecified atom stereocenters. The Bertz CT molecular complexity index is 1160. The van der Waals surface area contributed by atoms with E-state index in [0.717, 1.165) is 45.5 Å². The Kier molecular flexibility index (Phi) is 4.10. The Morgan fingerprint density at radius 3 is 2.30 bits per heavy atom. The average molecular weight is 413 g/mol. The number of nitrogens with zero attached hydrogens (tertiary/aromatic N) is 2. The number of hydrogen-bond donors (Lipinski definition) is 0. The lowest BCUT2D eigenvalue weighted by molar-refractivity contribution is 0.950. The van der Waals surface area contributed by atoms with Gasteiger partial charge in [0.1, 0.15) is 0 Å². The molecular formula is C24H17BrN2. The Labute approximate surface area is 166 Å². The van der Waals surface area contributed by atoms with Crippen LogP contribution < -0.4 is 0 Å². The Morgan fingerprint density at radius 2 is 1.48 bits per heavy atom. The number of rotatable bonds is 2. The van der Waals surface area contributed by atoms with E-state index in [1.807, 2.05) is 6.07 Å². The van der Waals surface area contributed by atoms with Gasteiger partial charge < -0.3 is 0 Å². The van der Waals surface area contributed by atoms with Gasteiger partial charge in [0.15, 0.2) is 0 Å². The van der Waals surface area contributed by atoms with Gasteiger partial charge in [-0.1, -0.05) is 76.6 Å². The topological polar surface area (TPSA) is 25.2 Å². The van der Waals surface area contributed by atoms with Crippen molar-refractivity contribution in [2.24, 2.45) is 4.99 Å². The normalized spacial score (nSPS) is 13.3. The molecule has 0 aliphatic carbocycles. The van der Waals surface area contributed by atoms with Crippen LogP contribution in [-0.4, -0.2) is 17.2 Å². The second kappa shape index (κ2) is 6.75. The van der Waals surface area contributed by atoms with Crippen LogP contribution in [0.2, 0.25) is 0 Å². The summed E-state index contributed by atoms with van der Waals surface area (Å²) in [4.78, 5) is 9.99.